The third-order valence-electron chi connectivity index (χ3n) is 0.402. The maximum atomic E-state index is 5.18. The topological polar surface area (TPSA) is 52.0 Å². The van der Waals surface area contributed by atoms with Crippen LogP contribution in [0.1, 0.15) is 0 Å². The Labute approximate surface area is 52.4 Å². The van der Waals surface area contributed by atoms with Gasteiger partial charge in [-0.15, -0.1) is 23.5 Å². The molecule has 0 aromatic rings. The van der Waals surface area contributed by atoms with Crippen LogP contribution in [-0.2, 0) is 0 Å². The monoisotopic (exact) mass is 138 g/mol. The molecule has 0 saturated heterocycles. The largest absolute Gasteiger partial charge is 0.322 e. The van der Waals surface area contributed by atoms with Gasteiger partial charge in [-0.2, -0.15) is 0 Å². The Balaban J connectivity index is 2.45. The fraction of sp³-hybridized carbons (Fsp3) is 1.00. The van der Waals surface area contributed by atoms with Crippen molar-refractivity contribution >= 4 is 23.5 Å². The van der Waals surface area contributed by atoms with Crippen LogP contribution < -0.4 is 11.5 Å². The summed E-state index contributed by atoms with van der Waals surface area (Å²) in [5, 5.41) is 1.02. The van der Waals surface area contributed by atoms with Gasteiger partial charge in [-0.25, -0.2) is 0 Å². The van der Waals surface area contributed by atoms with Crippen LogP contribution in [0.4, 0.5) is 0 Å². The molecule has 0 amide bonds. The summed E-state index contributed by atoms with van der Waals surface area (Å²) >= 11 is 3.39. The third-order valence-corrected chi connectivity index (χ3v) is 2.21. The van der Waals surface area contributed by atoms with Gasteiger partial charge in [0.15, 0.2) is 0 Å². The molecule has 2 nitrogen and oxygen atoms in total. The Morgan fingerprint density at radius 2 is 1.43 bits per heavy atom. The van der Waals surface area contributed by atoms with Crippen LogP contribution in [0.2, 0.25) is 0 Å². The van der Waals surface area contributed by atoms with E-state index in [0.29, 0.717) is 11.8 Å². The summed E-state index contributed by atoms with van der Waals surface area (Å²) < 4.78 is 0. The van der Waals surface area contributed by atoms with E-state index in [4.69, 9.17) is 11.5 Å². The Morgan fingerprint density at radius 1 is 1.00 bits per heavy atom. The van der Waals surface area contributed by atoms with Crippen molar-refractivity contribution in [1.29, 1.82) is 0 Å². The number of hydrogen-bond acceptors (Lipinski definition) is 4. The van der Waals surface area contributed by atoms with E-state index in [1.54, 1.807) is 23.5 Å². The standard InChI is InChI=1S/C3H10N2S2/c4-1-6-3-7-2-5/h1-5H2. The second kappa shape index (κ2) is 6.62. The molecule has 7 heavy (non-hydrogen) atoms. The Morgan fingerprint density at radius 3 is 1.71 bits per heavy atom. The van der Waals surface area contributed by atoms with Gasteiger partial charge in [-0.05, 0) is 0 Å². The second-order valence-corrected chi connectivity index (χ2v) is 3.29. The van der Waals surface area contributed by atoms with Crippen molar-refractivity contribution < 1.29 is 0 Å². The number of rotatable bonds is 4. The van der Waals surface area contributed by atoms with E-state index in [1.807, 2.05) is 0 Å². The second-order valence-electron chi connectivity index (χ2n) is 0.859. The lowest BCUT2D eigenvalue weighted by atomic mass is 11.5. The van der Waals surface area contributed by atoms with Crippen LogP contribution in [0.15, 0.2) is 0 Å². The highest BCUT2D eigenvalue weighted by Crippen LogP contribution is 2.06. The summed E-state index contributed by atoms with van der Waals surface area (Å²) in [5.41, 5.74) is 10.4. The molecule has 0 saturated carbocycles. The molecule has 0 aliphatic carbocycles. The number of nitrogens with two attached hydrogens (primary N) is 2. The molecule has 0 aromatic carbocycles. The molecule has 0 radical (unpaired) electrons. The predicted octanol–water partition coefficient (Wildman–Crippen LogP) is 0.243. The van der Waals surface area contributed by atoms with E-state index >= 15 is 0 Å². The van der Waals surface area contributed by atoms with Crippen molar-refractivity contribution in [3.8, 4) is 0 Å². The van der Waals surface area contributed by atoms with Gasteiger partial charge in [0, 0.05) is 16.8 Å². The van der Waals surface area contributed by atoms with E-state index in [2.05, 4.69) is 0 Å². The number of hydrogen-bond donors (Lipinski definition) is 2. The average Bonchev–Trinajstić information content (AvgIpc) is 1.69. The van der Waals surface area contributed by atoms with Crippen molar-refractivity contribution in [3.63, 3.8) is 0 Å². The molecule has 44 valence electrons. The zero-order valence-electron chi connectivity index (χ0n) is 4.09. The third kappa shape index (κ3) is 6.62. The van der Waals surface area contributed by atoms with Crippen molar-refractivity contribution in [1.82, 2.24) is 0 Å². The normalized spacial score (nSPS) is 9.43. The van der Waals surface area contributed by atoms with Crippen LogP contribution >= 0.6 is 23.5 Å². The minimum Gasteiger partial charge on any atom is -0.322 e. The van der Waals surface area contributed by atoms with Crippen LogP contribution in [0, 0.1) is 0 Å². The van der Waals surface area contributed by atoms with Gasteiger partial charge in [0.05, 0.1) is 0 Å². The molecule has 0 fully saturated rings. The van der Waals surface area contributed by atoms with Crippen molar-refractivity contribution in [2.24, 2.45) is 11.5 Å². The lowest BCUT2D eigenvalue weighted by molar-refractivity contribution is 1.39. The van der Waals surface area contributed by atoms with Crippen LogP contribution in [0.25, 0.3) is 0 Å². The zero-order valence-corrected chi connectivity index (χ0v) is 5.73. The molecule has 0 aliphatic rings. The summed E-state index contributed by atoms with van der Waals surface area (Å²) in [5.74, 6) is 1.40. The van der Waals surface area contributed by atoms with Gasteiger partial charge >= 0.3 is 0 Å². The van der Waals surface area contributed by atoms with Crippen molar-refractivity contribution in [3.05, 3.63) is 0 Å². The van der Waals surface area contributed by atoms with E-state index in [9.17, 15) is 0 Å². The first-order valence-corrected chi connectivity index (χ1v) is 4.28. The van der Waals surface area contributed by atoms with Gasteiger partial charge in [0.2, 0.25) is 0 Å². The molecular formula is C3H10N2S2. The maximum Gasteiger partial charge on any atom is 0.0417 e. The smallest absolute Gasteiger partial charge is 0.0417 e. The SMILES string of the molecule is NCSCSCN. The zero-order chi connectivity index (χ0) is 5.54. The van der Waals surface area contributed by atoms with E-state index in [1.165, 1.54) is 0 Å². The van der Waals surface area contributed by atoms with E-state index in [-0.39, 0.29) is 0 Å². The first-order valence-electron chi connectivity index (χ1n) is 1.97. The fourth-order valence-corrected chi connectivity index (χ4v) is 1.40. The molecule has 0 spiro atoms. The van der Waals surface area contributed by atoms with Crippen LogP contribution in [-0.4, -0.2) is 16.8 Å². The van der Waals surface area contributed by atoms with Crippen molar-refractivity contribution in [2.45, 2.75) is 0 Å². The van der Waals surface area contributed by atoms with Gasteiger partial charge in [0.25, 0.3) is 0 Å². The molecule has 0 aromatic heterocycles. The van der Waals surface area contributed by atoms with Gasteiger partial charge < -0.3 is 11.5 Å². The molecule has 0 heterocycles. The van der Waals surface area contributed by atoms with Gasteiger partial charge in [-0.1, -0.05) is 0 Å². The van der Waals surface area contributed by atoms with Crippen molar-refractivity contribution in [2.75, 3.05) is 16.8 Å². The van der Waals surface area contributed by atoms with E-state index < -0.39 is 0 Å². The maximum absolute atomic E-state index is 5.18. The molecular weight excluding hydrogens is 128 g/mol. The van der Waals surface area contributed by atoms with Gasteiger partial charge in [0.1, 0.15) is 0 Å². The average molecular weight is 138 g/mol. The lowest BCUT2D eigenvalue weighted by Crippen LogP contribution is -1.95. The minimum absolute atomic E-state index is 0.701. The summed E-state index contributed by atoms with van der Waals surface area (Å²) in [7, 11) is 0. The summed E-state index contributed by atoms with van der Waals surface area (Å²) in [6.07, 6.45) is 0. The molecule has 0 atom stereocenters. The molecule has 0 unspecified atom stereocenters. The highest BCUT2D eigenvalue weighted by molar-refractivity contribution is 8.15. The minimum atomic E-state index is 0.701. The molecule has 4 heteroatoms. The van der Waals surface area contributed by atoms with Gasteiger partial charge in [-0.3, -0.25) is 0 Å². The lowest BCUT2D eigenvalue weighted by Gasteiger charge is -1.91. The Kier molecular flexibility index (Phi) is 7.21. The van der Waals surface area contributed by atoms with Crippen LogP contribution in [0.3, 0.4) is 0 Å². The highest BCUT2D eigenvalue weighted by Gasteiger charge is 1.79. The molecule has 0 aliphatic heterocycles. The summed E-state index contributed by atoms with van der Waals surface area (Å²) in [6, 6.07) is 0. The first-order chi connectivity index (χ1) is 3.41. The molecule has 4 N–H and O–H groups in total. The fourth-order valence-electron chi connectivity index (χ4n) is 0.155. The summed E-state index contributed by atoms with van der Waals surface area (Å²) in [6.45, 7) is 0. The predicted molar refractivity (Wildman–Crippen MR) is 38.2 cm³/mol. The molecule has 0 rings (SSSR count). The quantitative estimate of drug-likeness (QED) is 0.432. The van der Waals surface area contributed by atoms with E-state index in [0.717, 1.165) is 5.08 Å². The van der Waals surface area contributed by atoms with Crippen LogP contribution in [0.5, 0.6) is 0 Å². The highest BCUT2D eigenvalue weighted by atomic mass is 32.2. The summed E-state index contributed by atoms with van der Waals surface area (Å²) in [4.78, 5) is 0. The Bertz CT molecular complexity index is 30.1. The first kappa shape index (κ1) is 7.62. The molecule has 0 bridgehead atoms. The number of thioether (sulfide) groups is 2. The Hall–Kier alpha value is 0.620.